The number of rotatable bonds is 3. The predicted octanol–water partition coefficient (Wildman–Crippen LogP) is 1.69. The quantitative estimate of drug-likeness (QED) is 0.815. The maximum absolute atomic E-state index is 11.8. The Morgan fingerprint density at radius 1 is 1.43 bits per heavy atom. The van der Waals surface area contributed by atoms with E-state index in [0.717, 1.165) is 0 Å². The first-order valence-corrected chi connectivity index (χ1v) is 4.05. The van der Waals surface area contributed by atoms with Crippen molar-refractivity contribution in [1.82, 2.24) is 15.3 Å². The zero-order valence-electron chi connectivity index (χ0n) is 7.54. The van der Waals surface area contributed by atoms with Crippen molar-refractivity contribution in [2.24, 2.45) is 0 Å². The third kappa shape index (κ3) is 3.69. The highest BCUT2D eigenvalue weighted by Gasteiger charge is 2.27. The summed E-state index contributed by atoms with van der Waals surface area (Å²) in [6.45, 7) is 0.584. The van der Waals surface area contributed by atoms with Crippen molar-refractivity contribution >= 4 is 0 Å². The Bertz CT molecular complexity index is 273. The summed E-state index contributed by atoms with van der Waals surface area (Å²) in [7, 11) is 0. The molecule has 0 aromatic carbocycles. The normalized spacial score (nSPS) is 14.0. The molecule has 0 aliphatic heterocycles. The maximum Gasteiger partial charge on any atom is 0.401 e. The van der Waals surface area contributed by atoms with Gasteiger partial charge in [-0.3, -0.25) is 9.97 Å². The molecule has 1 rings (SSSR count). The monoisotopic (exact) mass is 205 g/mol. The van der Waals surface area contributed by atoms with E-state index in [4.69, 9.17) is 0 Å². The van der Waals surface area contributed by atoms with Gasteiger partial charge in [-0.1, -0.05) is 0 Å². The molecule has 78 valence electrons. The van der Waals surface area contributed by atoms with Crippen LogP contribution in [0.1, 0.15) is 18.7 Å². The lowest BCUT2D eigenvalue weighted by Gasteiger charge is -2.14. The third-order valence-corrected chi connectivity index (χ3v) is 1.64. The van der Waals surface area contributed by atoms with Crippen molar-refractivity contribution in [2.75, 3.05) is 6.54 Å². The van der Waals surface area contributed by atoms with Crippen molar-refractivity contribution in [3.05, 3.63) is 24.3 Å². The molecule has 14 heavy (non-hydrogen) atoms. The van der Waals surface area contributed by atoms with Crippen LogP contribution in [-0.2, 0) is 0 Å². The second kappa shape index (κ2) is 4.36. The lowest BCUT2D eigenvalue weighted by atomic mass is 10.2. The van der Waals surface area contributed by atoms with Gasteiger partial charge in [-0.15, -0.1) is 0 Å². The highest BCUT2D eigenvalue weighted by atomic mass is 19.4. The fourth-order valence-electron chi connectivity index (χ4n) is 0.908. The van der Waals surface area contributed by atoms with E-state index < -0.39 is 18.8 Å². The van der Waals surface area contributed by atoms with Crippen molar-refractivity contribution in [3.63, 3.8) is 0 Å². The Morgan fingerprint density at radius 2 is 2.14 bits per heavy atom. The fraction of sp³-hybridized carbons (Fsp3) is 0.500. The molecule has 1 heterocycles. The number of alkyl halides is 3. The van der Waals surface area contributed by atoms with Gasteiger partial charge in [0, 0.05) is 24.6 Å². The summed E-state index contributed by atoms with van der Waals surface area (Å²) < 4.78 is 35.5. The number of aromatic nitrogens is 2. The van der Waals surface area contributed by atoms with Crippen LogP contribution >= 0.6 is 0 Å². The molecular formula is C8H10F3N3. The summed E-state index contributed by atoms with van der Waals surface area (Å²) in [5.74, 6) is 0. The first-order valence-electron chi connectivity index (χ1n) is 4.05. The first-order chi connectivity index (χ1) is 6.49. The lowest BCUT2D eigenvalue weighted by molar-refractivity contribution is -0.126. The van der Waals surface area contributed by atoms with Crippen LogP contribution < -0.4 is 5.32 Å². The van der Waals surface area contributed by atoms with E-state index in [0.29, 0.717) is 5.69 Å². The highest BCUT2D eigenvalue weighted by Crippen LogP contribution is 2.15. The molecule has 0 bridgehead atoms. The molecule has 3 nitrogen and oxygen atoms in total. The smallest absolute Gasteiger partial charge is 0.301 e. The Balaban J connectivity index is 2.48. The summed E-state index contributed by atoms with van der Waals surface area (Å²) in [5, 5.41) is 2.31. The van der Waals surface area contributed by atoms with E-state index in [-0.39, 0.29) is 0 Å². The Morgan fingerprint density at radius 3 is 2.64 bits per heavy atom. The van der Waals surface area contributed by atoms with Crippen molar-refractivity contribution < 1.29 is 13.2 Å². The van der Waals surface area contributed by atoms with Crippen LogP contribution in [0.15, 0.2) is 18.6 Å². The summed E-state index contributed by atoms with van der Waals surface area (Å²) in [6, 6.07) is -0.453. The van der Waals surface area contributed by atoms with Crippen molar-refractivity contribution in [3.8, 4) is 0 Å². The van der Waals surface area contributed by atoms with Crippen molar-refractivity contribution in [2.45, 2.75) is 19.1 Å². The summed E-state index contributed by atoms with van der Waals surface area (Å²) >= 11 is 0. The molecule has 0 aliphatic carbocycles. The molecule has 0 saturated heterocycles. The highest BCUT2D eigenvalue weighted by molar-refractivity contribution is 5.00. The molecule has 0 fully saturated rings. The Labute approximate surface area is 79.4 Å². The molecule has 1 N–H and O–H groups in total. The minimum Gasteiger partial charge on any atom is -0.301 e. The molecule has 0 spiro atoms. The minimum atomic E-state index is -4.20. The van der Waals surface area contributed by atoms with E-state index in [2.05, 4.69) is 15.3 Å². The average Bonchev–Trinajstić information content (AvgIpc) is 2.14. The Hall–Kier alpha value is -1.17. The van der Waals surface area contributed by atoms with Gasteiger partial charge in [0.15, 0.2) is 0 Å². The Kier molecular flexibility index (Phi) is 3.40. The van der Waals surface area contributed by atoms with Gasteiger partial charge in [0.05, 0.1) is 12.2 Å². The average molecular weight is 205 g/mol. The molecule has 1 atom stereocenters. The van der Waals surface area contributed by atoms with Crippen LogP contribution in [0.3, 0.4) is 0 Å². The topological polar surface area (TPSA) is 37.8 Å². The van der Waals surface area contributed by atoms with Crippen LogP contribution in [0, 0.1) is 0 Å². The molecule has 1 aromatic rings. The summed E-state index contributed by atoms with van der Waals surface area (Å²) in [5.41, 5.74) is 0.497. The lowest BCUT2D eigenvalue weighted by Crippen LogP contribution is -2.31. The predicted molar refractivity (Wildman–Crippen MR) is 44.5 cm³/mol. The molecule has 0 aliphatic rings. The number of nitrogens with one attached hydrogen (secondary N) is 1. The van der Waals surface area contributed by atoms with Gasteiger partial charge in [0.1, 0.15) is 0 Å². The van der Waals surface area contributed by atoms with Crippen LogP contribution in [0.2, 0.25) is 0 Å². The largest absolute Gasteiger partial charge is 0.401 e. The van der Waals surface area contributed by atoms with E-state index >= 15 is 0 Å². The van der Waals surface area contributed by atoms with E-state index in [1.807, 2.05) is 0 Å². The third-order valence-electron chi connectivity index (χ3n) is 1.64. The fourth-order valence-corrected chi connectivity index (χ4v) is 0.908. The van der Waals surface area contributed by atoms with Gasteiger partial charge in [0.2, 0.25) is 0 Å². The van der Waals surface area contributed by atoms with Crippen LogP contribution in [0.5, 0.6) is 0 Å². The van der Waals surface area contributed by atoms with Gasteiger partial charge in [-0.2, -0.15) is 13.2 Å². The molecular weight excluding hydrogens is 195 g/mol. The summed E-state index contributed by atoms with van der Waals surface area (Å²) in [4.78, 5) is 7.65. The second-order valence-electron chi connectivity index (χ2n) is 2.85. The number of hydrogen-bond donors (Lipinski definition) is 1. The van der Waals surface area contributed by atoms with Gasteiger partial charge in [0.25, 0.3) is 0 Å². The van der Waals surface area contributed by atoms with Crippen molar-refractivity contribution in [1.29, 1.82) is 0 Å². The standard InChI is InChI=1S/C8H10F3N3/c1-6(14-5-8(9,10)11)7-4-12-2-3-13-7/h2-4,6,14H,5H2,1H3. The zero-order valence-corrected chi connectivity index (χ0v) is 7.54. The maximum atomic E-state index is 11.8. The van der Waals surface area contributed by atoms with Crippen LogP contribution in [0.4, 0.5) is 13.2 Å². The second-order valence-corrected chi connectivity index (χ2v) is 2.85. The molecule has 0 saturated carbocycles. The van der Waals surface area contributed by atoms with Gasteiger partial charge < -0.3 is 5.32 Å². The molecule has 1 aromatic heterocycles. The number of halogens is 3. The minimum absolute atomic E-state index is 0.453. The molecule has 0 radical (unpaired) electrons. The van der Waals surface area contributed by atoms with E-state index in [9.17, 15) is 13.2 Å². The zero-order chi connectivity index (χ0) is 10.6. The van der Waals surface area contributed by atoms with E-state index in [1.165, 1.54) is 18.6 Å². The SMILES string of the molecule is CC(NCC(F)(F)F)c1cnccn1. The molecule has 6 heteroatoms. The van der Waals surface area contributed by atoms with Gasteiger partial charge >= 0.3 is 6.18 Å². The first kappa shape index (κ1) is 10.9. The van der Waals surface area contributed by atoms with Crippen LogP contribution in [-0.4, -0.2) is 22.7 Å². The number of nitrogens with zero attached hydrogens (tertiary/aromatic N) is 2. The summed E-state index contributed by atoms with van der Waals surface area (Å²) in [6.07, 6.45) is 0.158. The molecule has 0 amide bonds. The number of hydrogen-bond acceptors (Lipinski definition) is 3. The van der Waals surface area contributed by atoms with E-state index in [1.54, 1.807) is 6.92 Å². The van der Waals surface area contributed by atoms with Gasteiger partial charge in [-0.05, 0) is 6.92 Å². The van der Waals surface area contributed by atoms with Crippen LogP contribution in [0.25, 0.3) is 0 Å². The van der Waals surface area contributed by atoms with Gasteiger partial charge in [-0.25, -0.2) is 0 Å². The molecule has 1 unspecified atom stereocenters.